The zero-order chi connectivity index (χ0) is 13.3. The first kappa shape index (κ1) is 13.6. The summed E-state index contributed by atoms with van der Waals surface area (Å²) in [5, 5.41) is 3.23. The van der Waals surface area contributed by atoms with E-state index in [2.05, 4.69) is 41.2 Å². The zero-order valence-electron chi connectivity index (χ0n) is 10.6. The maximum absolute atomic E-state index is 13.7. The Morgan fingerprint density at radius 2 is 2.06 bits per heavy atom. The summed E-state index contributed by atoms with van der Waals surface area (Å²) in [6, 6.07) is 7.24. The van der Waals surface area contributed by atoms with E-state index in [1.54, 1.807) is 17.4 Å². The van der Waals surface area contributed by atoms with E-state index >= 15 is 0 Å². The molecule has 1 atom stereocenters. The van der Waals surface area contributed by atoms with E-state index < -0.39 is 0 Å². The Bertz CT molecular complexity index is 545. The van der Waals surface area contributed by atoms with Gasteiger partial charge in [-0.2, -0.15) is 0 Å². The van der Waals surface area contributed by atoms with E-state index in [0.29, 0.717) is 5.69 Å². The van der Waals surface area contributed by atoms with Crippen LogP contribution in [0.1, 0.15) is 28.3 Å². The molecule has 18 heavy (non-hydrogen) atoms. The van der Waals surface area contributed by atoms with Gasteiger partial charge in [-0.05, 0) is 60.5 Å². The number of rotatable bonds is 3. The number of aryl methyl sites for hydroxylation is 2. The highest BCUT2D eigenvalue weighted by Crippen LogP contribution is 2.32. The standard InChI is InChI=1S/C14H15BrFNS/c1-8-7-11(10(3)18-8)9(2)17-14-12(15)5-4-6-13(14)16/h4-7,9,17H,1-3H3. The van der Waals surface area contributed by atoms with Crippen molar-refractivity contribution in [2.24, 2.45) is 0 Å². The second-order valence-corrected chi connectivity index (χ2v) is 6.65. The molecule has 2 rings (SSSR count). The van der Waals surface area contributed by atoms with Crippen LogP contribution in [-0.2, 0) is 0 Å². The number of halogens is 2. The van der Waals surface area contributed by atoms with Crippen molar-refractivity contribution < 1.29 is 4.39 Å². The third-order valence-electron chi connectivity index (χ3n) is 2.87. The Hall–Kier alpha value is -0.870. The fourth-order valence-corrected chi connectivity index (χ4v) is 3.49. The molecule has 0 saturated carbocycles. The highest BCUT2D eigenvalue weighted by molar-refractivity contribution is 9.10. The van der Waals surface area contributed by atoms with Gasteiger partial charge in [-0.25, -0.2) is 4.39 Å². The molecular formula is C14H15BrFNS. The minimum Gasteiger partial charge on any atom is -0.375 e. The van der Waals surface area contributed by atoms with Crippen molar-refractivity contribution in [3.8, 4) is 0 Å². The number of anilines is 1. The van der Waals surface area contributed by atoms with Crippen LogP contribution in [0.5, 0.6) is 0 Å². The van der Waals surface area contributed by atoms with Crippen LogP contribution in [0.15, 0.2) is 28.7 Å². The highest BCUT2D eigenvalue weighted by Gasteiger charge is 2.14. The molecule has 0 radical (unpaired) electrons. The lowest BCUT2D eigenvalue weighted by Gasteiger charge is -2.17. The predicted molar refractivity (Wildman–Crippen MR) is 79.9 cm³/mol. The summed E-state index contributed by atoms with van der Waals surface area (Å²) in [6.07, 6.45) is 0. The van der Waals surface area contributed by atoms with Crippen LogP contribution in [0.2, 0.25) is 0 Å². The molecule has 0 aliphatic rings. The third kappa shape index (κ3) is 2.75. The predicted octanol–water partition coefficient (Wildman–Crippen LogP) is 5.44. The van der Waals surface area contributed by atoms with E-state index in [1.807, 2.05) is 13.0 Å². The first-order valence-corrected chi connectivity index (χ1v) is 7.37. The Labute approximate surface area is 119 Å². The van der Waals surface area contributed by atoms with Crippen molar-refractivity contribution in [3.05, 3.63) is 49.9 Å². The topological polar surface area (TPSA) is 12.0 Å². The highest BCUT2D eigenvalue weighted by atomic mass is 79.9. The molecule has 0 amide bonds. The monoisotopic (exact) mass is 327 g/mol. The average Bonchev–Trinajstić information content (AvgIpc) is 2.63. The van der Waals surface area contributed by atoms with Gasteiger partial charge in [-0.15, -0.1) is 11.3 Å². The second kappa shape index (κ2) is 5.41. The molecule has 1 unspecified atom stereocenters. The SMILES string of the molecule is Cc1cc(C(C)Nc2c(F)cccc2Br)c(C)s1. The lowest BCUT2D eigenvalue weighted by Crippen LogP contribution is -2.08. The zero-order valence-corrected chi connectivity index (χ0v) is 13.0. The fourth-order valence-electron chi connectivity index (χ4n) is 2.01. The molecule has 0 spiro atoms. The van der Waals surface area contributed by atoms with Crippen LogP contribution in [0, 0.1) is 19.7 Å². The molecule has 1 heterocycles. The first-order valence-electron chi connectivity index (χ1n) is 5.76. The molecule has 96 valence electrons. The summed E-state index contributed by atoms with van der Waals surface area (Å²) in [5.74, 6) is -0.235. The van der Waals surface area contributed by atoms with Gasteiger partial charge in [0, 0.05) is 20.3 Å². The van der Waals surface area contributed by atoms with E-state index in [9.17, 15) is 4.39 Å². The maximum Gasteiger partial charge on any atom is 0.147 e. The summed E-state index contributed by atoms with van der Waals surface area (Å²) in [4.78, 5) is 2.56. The number of hydrogen-bond donors (Lipinski definition) is 1. The van der Waals surface area contributed by atoms with Crippen molar-refractivity contribution >= 4 is 33.0 Å². The Balaban J connectivity index is 2.26. The van der Waals surface area contributed by atoms with E-state index in [4.69, 9.17) is 0 Å². The minimum absolute atomic E-state index is 0.0862. The van der Waals surface area contributed by atoms with Crippen molar-refractivity contribution in [2.45, 2.75) is 26.8 Å². The molecule has 0 aliphatic heterocycles. The normalized spacial score (nSPS) is 12.5. The summed E-state index contributed by atoms with van der Waals surface area (Å²) >= 11 is 5.14. The largest absolute Gasteiger partial charge is 0.375 e. The van der Waals surface area contributed by atoms with Gasteiger partial charge in [0.25, 0.3) is 0 Å². The van der Waals surface area contributed by atoms with Gasteiger partial charge in [0.05, 0.1) is 5.69 Å². The summed E-state index contributed by atoms with van der Waals surface area (Å²) in [5.41, 5.74) is 1.75. The molecule has 1 nitrogen and oxygen atoms in total. The number of hydrogen-bond acceptors (Lipinski definition) is 2. The third-order valence-corrected chi connectivity index (χ3v) is 4.51. The van der Waals surface area contributed by atoms with Crippen LogP contribution in [0.4, 0.5) is 10.1 Å². The van der Waals surface area contributed by atoms with Crippen molar-refractivity contribution in [1.29, 1.82) is 0 Å². The molecule has 1 N–H and O–H groups in total. The van der Waals surface area contributed by atoms with Crippen LogP contribution in [0.25, 0.3) is 0 Å². The quantitative estimate of drug-likeness (QED) is 0.791. The van der Waals surface area contributed by atoms with Gasteiger partial charge in [0.15, 0.2) is 0 Å². The van der Waals surface area contributed by atoms with Crippen LogP contribution in [0.3, 0.4) is 0 Å². The lowest BCUT2D eigenvalue weighted by atomic mass is 10.1. The van der Waals surface area contributed by atoms with Gasteiger partial charge in [0.1, 0.15) is 5.82 Å². The van der Waals surface area contributed by atoms with Crippen LogP contribution >= 0.6 is 27.3 Å². The van der Waals surface area contributed by atoms with Gasteiger partial charge in [-0.3, -0.25) is 0 Å². The number of benzene rings is 1. The molecule has 0 saturated heterocycles. The molecule has 4 heteroatoms. The van der Waals surface area contributed by atoms with E-state index in [-0.39, 0.29) is 11.9 Å². The lowest BCUT2D eigenvalue weighted by molar-refractivity contribution is 0.626. The van der Waals surface area contributed by atoms with Crippen molar-refractivity contribution in [1.82, 2.24) is 0 Å². The van der Waals surface area contributed by atoms with Gasteiger partial charge in [0.2, 0.25) is 0 Å². The number of thiophene rings is 1. The Kier molecular flexibility index (Phi) is 4.07. The Morgan fingerprint density at radius 3 is 2.61 bits per heavy atom. The molecule has 2 aromatic rings. The minimum atomic E-state index is -0.235. The molecule has 0 bridgehead atoms. The maximum atomic E-state index is 13.7. The first-order chi connectivity index (χ1) is 8.49. The summed E-state index contributed by atoms with van der Waals surface area (Å²) in [6.45, 7) is 6.24. The molecule has 0 fully saturated rings. The smallest absolute Gasteiger partial charge is 0.147 e. The summed E-state index contributed by atoms with van der Waals surface area (Å²) in [7, 11) is 0. The second-order valence-electron chi connectivity index (χ2n) is 4.33. The van der Waals surface area contributed by atoms with Crippen molar-refractivity contribution in [3.63, 3.8) is 0 Å². The molecule has 0 aliphatic carbocycles. The number of nitrogens with one attached hydrogen (secondary N) is 1. The van der Waals surface area contributed by atoms with Gasteiger partial charge in [-0.1, -0.05) is 6.07 Å². The van der Waals surface area contributed by atoms with E-state index in [0.717, 1.165) is 4.47 Å². The summed E-state index contributed by atoms with van der Waals surface area (Å²) < 4.78 is 14.5. The van der Waals surface area contributed by atoms with Crippen LogP contribution in [-0.4, -0.2) is 0 Å². The Morgan fingerprint density at radius 1 is 1.33 bits per heavy atom. The van der Waals surface area contributed by atoms with Crippen molar-refractivity contribution in [2.75, 3.05) is 5.32 Å². The molecule has 1 aromatic carbocycles. The number of para-hydroxylation sites is 1. The molecule has 1 aromatic heterocycles. The van der Waals surface area contributed by atoms with E-state index in [1.165, 1.54) is 21.4 Å². The van der Waals surface area contributed by atoms with Gasteiger partial charge < -0.3 is 5.32 Å². The van der Waals surface area contributed by atoms with Gasteiger partial charge >= 0.3 is 0 Å². The molecular weight excluding hydrogens is 313 g/mol. The fraction of sp³-hybridized carbons (Fsp3) is 0.286. The average molecular weight is 328 g/mol. The van der Waals surface area contributed by atoms with Crippen LogP contribution < -0.4 is 5.32 Å².